The van der Waals surface area contributed by atoms with E-state index in [1.54, 1.807) is 14.2 Å². The van der Waals surface area contributed by atoms with Crippen molar-refractivity contribution in [2.24, 2.45) is 4.99 Å². The molecule has 0 aromatic heterocycles. The van der Waals surface area contributed by atoms with Crippen LogP contribution in [0.25, 0.3) is 0 Å². The van der Waals surface area contributed by atoms with E-state index in [0.29, 0.717) is 6.04 Å². The number of methoxy groups -OCH3 is 2. The molecule has 16 heavy (non-hydrogen) atoms. The number of aliphatic imine (C=N–C) groups is 1. The first-order chi connectivity index (χ1) is 7.66. The Morgan fingerprint density at radius 2 is 1.75 bits per heavy atom. The van der Waals surface area contributed by atoms with Crippen LogP contribution in [-0.2, 0) is 9.47 Å². The Morgan fingerprint density at radius 1 is 1.19 bits per heavy atom. The van der Waals surface area contributed by atoms with Crippen LogP contribution in [0.15, 0.2) is 4.99 Å². The molecule has 0 atom stereocenters. The maximum absolute atomic E-state index is 5.43. The first-order valence-electron chi connectivity index (χ1n) is 6.33. The highest BCUT2D eigenvalue weighted by Gasteiger charge is 2.29. The van der Waals surface area contributed by atoms with E-state index in [2.05, 4.69) is 6.92 Å². The first kappa shape index (κ1) is 13.7. The van der Waals surface area contributed by atoms with Gasteiger partial charge in [-0.2, -0.15) is 0 Å². The van der Waals surface area contributed by atoms with E-state index >= 15 is 0 Å². The molecule has 0 unspecified atom stereocenters. The van der Waals surface area contributed by atoms with Gasteiger partial charge in [-0.05, 0) is 26.2 Å². The fraction of sp³-hybridized carbons (Fsp3) is 0.923. The molecular formula is C13H25NO2. The molecule has 1 aliphatic carbocycles. The van der Waals surface area contributed by atoms with Crippen molar-refractivity contribution in [1.82, 2.24) is 0 Å². The molecule has 0 aliphatic heterocycles. The Balaban J connectivity index is 2.74. The topological polar surface area (TPSA) is 30.8 Å². The SMILES string of the molecule is CCC(=NC1CCCCC1)C(C)(OC)OC. The molecule has 1 saturated carbocycles. The molecule has 0 bridgehead atoms. The second kappa shape index (κ2) is 6.36. The van der Waals surface area contributed by atoms with E-state index in [1.807, 2.05) is 6.92 Å². The molecule has 3 nitrogen and oxygen atoms in total. The largest absolute Gasteiger partial charge is 0.349 e. The van der Waals surface area contributed by atoms with Crippen molar-refractivity contribution < 1.29 is 9.47 Å². The lowest BCUT2D eigenvalue weighted by molar-refractivity contribution is -0.140. The van der Waals surface area contributed by atoms with Crippen LogP contribution in [0.5, 0.6) is 0 Å². The van der Waals surface area contributed by atoms with E-state index in [0.717, 1.165) is 12.1 Å². The van der Waals surface area contributed by atoms with Gasteiger partial charge in [-0.25, -0.2) is 0 Å². The summed E-state index contributed by atoms with van der Waals surface area (Å²) in [5.41, 5.74) is 1.03. The van der Waals surface area contributed by atoms with Crippen molar-refractivity contribution in [2.45, 2.75) is 64.2 Å². The number of nitrogens with zero attached hydrogens (tertiary/aromatic N) is 1. The van der Waals surface area contributed by atoms with Gasteiger partial charge in [0, 0.05) is 14.2 Å². The highest BCUT2D eigenvalue weighted by Crippen LogP contribution is 2.23. The van der Waals surface area contributed by atoms with E-state index in [-0.39, 0.29) is 0 Å². The molecule has 0 N–H and O–H groups in total. The lowest BCUT2D eigenvalue weighted by Gasteiger charge is -2.29. The summed E-state index contributed by atoms with van der Waals surface area (Å²) < 4.78 is 10.9. The average Bonchev–Trinajstić information content (AvgIpc) is 2.36. The van der Waals surface area contributed by atoms with E-state index < -0.39 is 5.79 Å². The van der Waals surface area contributed by atoms with Crippen LogP contribution < -0.4 is 0 Å². The maximum Gasteiger partial charge on any atom is 0.204 e. The van der Waals surface area contributed by atoms with Crippen molar-refractivity contribution in [3.05, 3.63) is 0 Å². The van der Waals surface area contributed by atoms with Crippen molar-refractivity contribution in [2.75, 3.05) is 14.2 Å². The Labute approximate surface area is 99.2 Å². The second-order valence-corrected chi connectivity index (χ2v) is 4.58. The lowest BCUT2D eigenvalue weighted by atomic mass is 9.95. The van der Waals surface area contributed by atoms with Gasteiger partial charge < -0.3 is 9.47 Å². The van der Waals surface area contributed by atoms with Crippen LogP contribution in [-0.4, -0.2) is 31.8 Å². The highest BCUT2D eigenvalue weighted by atomic mass is 16.7. The summed E-state index contributed by atoms with van der Waals surface area (Å²) in [6, 6.07) is 0.480. The van der Waals surface area contributed by atoms with Gasteiger partial charge in [0.1, 0.15) is 0 Å². The van der Waals surface area contributed by atoms with Gasteiger partial charge in [-0.1, -0.05) is 26.2 Å². The van der Waals surface area contributed by atoms with Gasteiger partial charge in [0.15, 0.2) is 0 Å². The van der Waals surface area contributed by atoms with Crippen LogP contribution in [0.3, 0.4) is 0 Å². The quantitative estimate of drug-likeness (QED) is 0.533. The van der Waals surface area contributed by atoms with E-state index in [4.69, 9.17) is 14.5 Å². The van der Waals surface area contributed by atoms with Crippen LogP contribution in [0, 0.1) is 0 Å². The van der Waals surface area contributed by atoms with Crippen LogP contribution >= 0.6 is 0 Å². The summed E-state index contributed by atoms with van der Waals surface area (Å²) in [6.07, 6.45) is 7.29. The standard InChI is InChI=1S/C13H25NO2/c1-5-12(13(2,15-3)16-4)14-11-9-7-6-8-10-11/h11H,5-10H2,1-4H3. The minimum atomic E-state index is -0.647. The molecule has 0 heterocycles. The maximum atomic E-state index is 5.43. The van der Waals surface area contributed by atoms with Gasteiger partial charge >= 0.3 is 0 Å². The number of hydrogen-bond acceptors (Lipinski definition) is 3. The Hall–Kier alpha value is -0.410. The summed E-state index contributed by atoms with van der Waals surface area (Å²) in [5, 5.41) is 0. The highest BCUT2D eigenvalue weighted by molar-refractivity contribution is 5.90. The van der Waals surface area contributed by atoms with Gasteiger partial charge in [0.05, 0.1) is 11.8 Å². The number of hydrogen-bond donors (Lipinski definition) is 0. The third kappa shape index (κ3) is 3.29. The van der Waals surface area contributed by atoms with Crippen LogP contribution in [0.4, 0.5) is 0 Å². The third-order valence-electron chi connectivity index (χ3n) is 3.55. The summed E-state index contributed by atoms with van der Waals surface area (Å²) in [7, 11) is 3.35. The predicted octanol–water partition coefficient (Wildman–Crippen LogP) is 3.18. The predicted molar refractivity (Wildman–Crippen MR) is 67.0 cm³/mol. The summed E-state index contributed by atoms with van der Waals surface area (Å²) in [4.78, 5) is 4.83. The zero-order valence-corrected chi connectivity index (χ0v) is 11.1. The monoisotopic (exact) mass is 227 g/mol. The molecular weight excluding hydrogens is 202 g/mol. The molecule has 0 spiro atoms. The van der Waals surface area contributed by atoms with Gasteiger partial charge in [0.25, 0.3) is 0 Å². The normalized spacial score (nSPS) is 20.1. The van der Waals surface area contributed by atoms with E-state index in [9.17, 15) is 0 Å². The molecule has 0 aromatic carbocycles. The zero-order chi connectivity index (χ0) is 12.0. The Morgan fingerprint density at radius 3 is 2.19 bits per heavy atom. The van der Waals surface area contributed by atoms with Gasteiger partial charge in [-0.15, -0.1) is 0 Å². The minimum absolute atomic E-state index is 0.480. The smallest absolute Gasteiger partial charge is 0.204 e. The van der Waals surface area contributed by atoms with Crippen LogP contribution in [0.2, 0.25) is 0 Å². The summed E-state index contributed by atoms with van der Waals surface area (Å²) in [5.74, 6) is -0.647. The molecule has 0 radical (unpaired) electrons. The molecule has 0 saturated heterocycles. The zero-order valence-electron chi connectivity index (χ0n) is 11.1. The Kier molecular flexibility index (Phi) is 5.42. The molecule has 3 heteroatoms. The third-order valence-corrected chi connectivity index (χ3v) is 3.55. The minimum Gasteiger partial charge on any atom is -0.349 e. The van der Waals surface area contributed by atoms with Crippen LogP contribution in [0.1, 0.15) is 52.4 Å². The fourth-order valence-corrected chi connectivity index (χ4v) is 2.28. The van der Waals surface area contributed by atoms with Gasteiger partial charge in [0.2, 0.25) is 5.79 Å². The van der Waals surface area contributed by atoms with Crippen molar-refractivity contribution >= 4 is 5.71 Å². The fourth-order valence-electron chi connectivity index (χ4n) is 2.28. The Bertz CT molecular complexity index is 228. The van der Waals surface area contributed by atoms with Gasteiger partial charge in [-0.3, -0.25) is 4.99 Å². The average molecular weight is 227 g/mol. The number of rotatable bonds is 5. The van der Waals surface area contributed by atoms with E-state index in [1.165, 1.54) is 32.1 Å². The summed E-state index contributed by atoms with van der Waals surface area (Å²) >= 11 is 0. The molecule has 1 fully saturated rings. The van der Waals surface area contributed by atoms with Crippen molar-refractivity contribution in [3.63, 3.8) is 0 Å². The molecule has 1 aliphatic rings. The molecule has 1 rings (SSSR count). The van der Waals surface area contributed by atoms with Crippen molar-refractivity contribution in [1.29, 1.82) is 0 Å². The summed E-state index contributed by atoms with van der Waals surface area (Å²) in [6.45, 7) is 4.05. The number of ether oxygens (including phenoxy) is 2. The molecule has 0 aromatic rings. The molecule has 94 valence electrons. The molecule has 0 amide bonds. The second-order valence-electron chi connectivity index (χ2n) is 4.58. The van der Waals surface area contributed by atoms with Crippen molar-refractivity contribution in [3.8, 4) is 0 Å². The lowest BCUT2D eigenvalue weighted by Crippen LogP contribution is -2.40. The first-order valence-corrected chi connectivity index (χ1v) is 6.33.